The number of hydrogen-bond acceptors (Lipinski definition) is 6. The van der Waals surface area contributed by atoms with Crippen LogP contribution >= 0.6 is 0 Å². The molecule has 0 saturated carbocycles. The Kier molecular flexibility index (Phi) is 3.55. The number of fused-ring (bicyclic) bond motifs is 1. The summed E-state index contributed by atoms with van der Waals surface area (Å²) < 4.78 is 1.85. The van der Waals surface area contributed by atoms with Crippen molar-refractivity contribution in [3.05, 3.63) is 36.7 Å². The third-order valence-electron chi connectivity index (χ3n) is 4.12. The van der Waals surface area contributed by atoms with E-state index in [1.807, 2.05) is 34.9 Å². The van der Waals surface area contributed by atoms with Crippen molar-refractivity contribution in [2.45, 2.75) is 18.9 Å². The van der Waals surface area contributed by atoms with E-state index < -0.39 is 0 Å². The average Bonchev–Trinajstić information content (AvgIpc) is 2.92. The molecule has 1 aromatic carbocycles. The zero-order chi connectivity index (χ0) is 15.6. The highest BCUT2D eigenvalue weighted by atomic mass is 15.2. The Hall–Kier alpha value is -2.67. The standard InChI is InChI=1S/C16H19N7/c17-16-22-12-5-1-2-6-13(12)23(16)15-8-14(19-10-20-15)21-11-4-3-7-18-9-11/h1-2,5-6,8,10-11,18H,3-4,7,9H2,(H2,17,22)(H,19,20,21). The van der Waals surface area contributed by atoms with Crippen LogP contribution in [0.3, 0.4) is 0 Å². The van der Waals surface area contributed by atoms with Crippen LogP contribution in [-0.2, 0) is 0 Å². The number of hydrogen-bond donors (Lipinski definition) is 3. The van der Waals surface area contributed by atoms with Gasteiger partial charge in [0.15, 0.2) is 0 Å². The Balaban J connectivity index is 1.68. The first kappa shape index (κ1) is 14.0. The lowest BCUT2D eigenvalue weighted by Crippen LogP contribution is -2.38. The van der Waals surface area contributed by atoms with Crippen LogP contribution in [0.25, 0.3) is 16.9 Å². The van der Waals surface area contributed by atoms with Gasteiger partial charge in [-0.05, 0) is 31.5 Å². The smallest absolute Gasteiger partial charge is 0.207 e. The Bertz CT molecular complexity index is 820. The third-order valence-corrected chi connectivity index (χ3v) is 4.12. The van der Waals surface area contributed by atoms with E-state index in [9.17, 15) is 0 Å². The van der Waals surface area contributed by atoms with Gasteiger partial charge in [0.2, 0.25) is 5.95 Å². The van der Waals surface area contributed by atoms with Crippen LogP contribution in [0.15, 0.2) is 36.7 Å². The Morgan fingerprint density at radius 1 is 1.26 bits per heavy atom. The van der Waals surface area contributed by atoms with Crippen LogP contribution < -0.4 is 16.4 Å². The number of para-hydroxylation sites is 2. The number of nitrogens with zero attached hydrogens (tertiary/aromatic N) is 4. The molecule has 1 aliphatic heterocycles. The van der Waals surface area contributed by atoms with E-state index in [0.717, 1.165) is 42.2 Å². The first-order valence-corrected chi connectivity index (χ1v) is 7.84. The molecule has 7 heteroatoms. The highest BCUT2D eigenvalue weighted by molar-refractivity contribution is 5.80. The molecule has 4 rings (SSSR count). The molecule has 7 nitrogen and oxygen atoms in total. The summed E-state index contributed by atoms with van der Waals surface area (Å²) in [5, 5.41) is 6.85. The first-order chi connectivity index (χ1) is 11.3. The lowest BCUT2D eigenvalue weighted by molar-refractivity contribution is 0.479. The maximum absolute atomic E-state index is 6.08. The van der Waals surface area contributed by atoms with Crippen molar-refractivity contribution in [2.24, 2.45) is 0 Å². The highest BCUT2D eigenvalue weighted by Gasteiger charge is 2.15. The minimum absolute atomic E-state index is 0.392. The summed E-state index contributed by atoms with van der Waals surface area (Å²) in [5.74, 6) is 1.95. The predicted molar refractivity (Wildman–Crippen MR) is 90.6 cm³/mol. The summed E-state index contributed by atoms with van der Waals surface area (Å²) in [7, 11) is 0. The van der Waals surface area contributed by atoms with Gasteiger partial charge in [-0.1, -0.05) is 12.1 Å². The van der Waals surface area contributed by atoms with Gasteiger partial charge in [-0.25, -0.2) is 15.0 Å². The second kappa shape index (κ2) is 5.85. The third kappa shape index (κ3) is 2.70. The van der Waals surface area contributed by atoms with Gasteiger partial charge in [0.25, 0.3) is 0 Å². The topological polar surface area (TPSA) is 93.7 Å². The number of nitrogen functional groups attached to an aromatic ring is 1. The molecule has 0 aliphatic carbocycles. The molecular formula is C16H19N7. The molecular weight excluding hydrogens is 290 g/mol. The van der Waals surface area contributed by atoms with E-state index in [2.05, 4.69) is 25.6 Å². The molecule has 4 N–H and O–H groups in total. The van der Waals surface area contributed by atoms with Crippen molar-refractivity contribution in [2.75, 3.05) is 24.1 Å². The van der Waals surface area contributed by atoms with Crippen molar-refractivity contribution in [3.63, 3.8) is 0 Å². The molecule has 3 aromatic rings. The van der Waals surface area contributed by atoms with E-state index >= 15 is 0 Å². The van der Waals surface area contributed by atoms with Gasteiger partial charge in [-0.15, -0.1) is 0 Å². The van der Waals surface area contributed by atoms with Crippen LogP contribution in [0.4, 0.5) is 11.8 Å². The molecule has 1 atom stereocenters. The molecule has 0 bridgehead atoms. The number of aromatic nitrogens is 4. The van der Waals surface area contributed by atoms with E-state index in [0.29, 0.717) is 12.0 Å². The number of nitrogens with one attached hydrogen (secondary N) is 2. The molecule has 1 saturated heterocycles. The fourth-order valence-corrected chi connectivity index (χ4v) is 3.02. The van der Waals surface area contributed by atoms with Crippen molar-refractivity contribution >= 4 is 22.8 Å². The molecule has 2 aromatic heterocycles. The zero-order valence-electron chi connectivity index (χ0n) is 12.7. The molecule has 1 unspecified atom stereocenters. The van der Waals surface area contributed by atoms with Crippen LogP contribution in [-0.4, -0.2) is 38.7 Å². The largest absolute Gasteiger partial charge is 0.369 e. The number of piperidine rings is 1. The summed E-state index contributed by atoms with van der Waals surface area (Å²) in [6.07, 6.45) is 3.87. The lowest BCUT2D eigenvalue weighted by atomic mass is 10.1. The number of benzene rings is 1. The zero-order valence-corrected chi connectivity index (χ0v) is 12.7. The number of imidazole rings is 1. The summed E-state index contributed by atoms with van der Waals surface area (Å²) in [5.41, 5.74) is 7.88. The molecule has 1 aliphatic rings. The quantitative estimate of drug-likeness (QED) is 0.680. The normalized spacial score (nSPS) is 18.2. The lowest BCUT2D eigenvalue weighted by Gasteiger charge is -2.24. The van der Waals surface area contributed by atoms with Gasteiger partial charge >= 0.3 is 0 Å². The molecule has 3 heterocycles. The van der Waals surface area contributed by atoms with Crippen LogP contribution in [0, 0.1) is 0 Å². The van der Waals surface area contributed by atoms with Gasteiger partial charge in [-0.2, -0.15) is 0 Å². The molecule has 23 heavy (non-hydrogen) atoms. The minimum Gasteiger partial charge on any atom is -0.369 e. The van der Waals surface area contributed by atoms with Gasteiger partial charge in [0, 0.05) is 18.7 Å². The molecule has 0 amide bonds. The summed E-state index contributed by atoms with van der Waals surface area (Å²) >= 11 is 0. The van der Waals surface area contributed by atoms with Crippen molar-refractivity contribution in [1.29, 1.82) is 0 Å². The van der Waals surface area contributed by atoms with Crippen LogP contribution in [0.1, 0.15) is 12.8 Å². The Morgan fingerprint density at radius 2 is 2.17 bits per heavy atom. The van der Waals surface area contributed by atoms with Gasteiger partial charge < -0.3 is 16.4 Å². The number of anilines is 2. The van der Waals surface area contributed by atoms with Crippen molar-refractivity contribution in [1.82, 2.24) is 24.8 Å². The monoisotopic (exact) mass is 309 g/mol. The average molecular weight is 309 g/mol. The molecule has 1 fully saturated rings. The number of rotatable bonds is 3. The van der Waals surface area contributed by atoms with E-state index in [1.54, 1.807) is 6.33 Å². The fraction of sp³-hybridized carbons (Fsp3) is 0.312. The summed E-state index contributed by atoms with van der Waals surface area (Å²) in [4.78, 5) is 13.1. The van der Waals surface area contributed by atoms with Crippen molar-refractivity contribution in [3.8, 4) is 5.82 Å². The molecule has 118 valence electrons. The highest BCUT2D eigenvalue weighted by Crippen LogP contribution is 2.22. The van der Waals surface area contributed by atoms with E-state index in [-0.39, 0.29) is 0 Å². The van der Waals surface area contributed by atoms with Crippen LogP contribution in [0.2, 0.25) is 0 Å². The Morgan fingerprint density at radius 3 is 3.04 bits per heavy atom. The predicted octanol–water partition coefficient (Wildman–Crippen LogP) is 1.56. The number of nitrogens with two attached hydrogens (primary N) is 1. The van der Waals surface area contributed by atoms with E-state index in [1.165, 1.54) is 6.42 Å². The minimum atomic E-state index is 0.392. The molecule has 0 spiro atoms. The Labute approximate surface area is 134 Å². The van der Waals surface area contributed by atoms with Gasteiger partial charge in [-0.3, -0.25) is 4.57 Å². The SMILES string of the molecule is Nc1nc2ccccc2n1-c1cc(NC2CCCNC2)ncn1. The van der Waals surface area contributed by atoms with Crippen molar-refractivity contribution < 1.29 is 0 Å². The van der Waals surface area contributed by atoms with Gasteiger partial charge in [0.1, 0.15) is 18.0 Å². The summed E-state index contributed by atoms with van der Waals surface area (Å²) in [6.45, 7) is 2.04. The first-order valence-electron chi connectivity index (χ1n) is 7.84. The van der Waals surface area contributed by atoms with Gasteiger partial charge in [0.05, 0.1) is 11.0 Å². The molecule has 0 radical (unpaired) electrons. The maximum atomic E-state index is 6.08. The summed E-state index contributed by atoms with van der Waals surface area (Å²) in [6, 6.07) is 10.1. The maximum Gasteiger partial charge on any atom is 0.207 e. The second-order valence-electron chi connectivity index (χ2n) is 5.74. The second-order valence-corrected chi connectivity index (χ2v) is 5.74. The van der Waals surface area contributed by atoms with Crippen LogP contribution in [0.5, 0.6) is 0 Å². The fourth-order valence-electron chi connectivity index (χ4n) is 3.02. The van der Waals surface area contributed by atoms with E-state index in [4.69, 9.17) is 5.73 Å².